The summed E-state index contributed by atoms with van der Waals surface area (Å²) >= 11 is 0. The van der Waals surface area contributed by atoms with Crippen molar-refractivity contribution in [3.63, 3.8) is 0 Å². The molecule has 0 spiro atoms. The molecule has 0 unspecified atom stereocenters. The van der Waals surface area contributed by atoms with Crippen LogP contribution in [0.5, 0.6) is 0 Å². The fourth-order valence-electron chi connectivity index (χ4n) is 1.71. The van der Waals surface area contributed by atoms with Gasteiger partial charge in [0.25, 0.3) is 5.91 Å². The number of amides is 1. The molecule has 0 atom stereocenters. The van der Waals surface area contributed by atoms with E-state index in [1.165, 1.54) is 30.6 Å². The lowest BCUT2D eigenvalue weighted by molar-refractivity contribution is -0.112. The average molecular weight is 293 g/mol. The van der Waals surface area contributed by atoms with E-state index in [0.29, 0.717) is 11.3 Å². The molecule has 2 rings (SSSR count). The van der Waals surface area contributed by atoms with Crippen LogP contribution < -0.4 is 5.32 Å². The zero-order valence-corrected chi connectivity index (χ0v) is 11.4. The molecule has 1 aromatic heterocycles. The number of anilines is 1. The van der Waals surface area contributed by atoms with Gasteiger partial charge >= 0.3 is 5.97 Å². The summed E-state index contributed by atoms with van der Waals surface area (Å²) < 4.78 is 0. The van der Waals surface area contributed by atoms with E-state index in [-0.39, 0.29) is 11.1 Å². The van der Waals surface area contributed by atoms with Crippen molar-refractivity contribution in [2.24, 2.45) is 0 Å². The lowest BCUT2D eigenvalue weighted by atomic mass is 10.1. The number of aromatic carboxylic acids is 1. The van der Waals surface area contributed by atoms with E-state index >= 15 is 0 Å². The van der Waals surface area contributed by atoms with Crippen molar-refractivity contribution in [2.45, 2.75) is 0 Å². The standard InChI is InChI=1S/C16H11N3O3/c17-10-13(15(20)19-14-4-6-18-7-5-14)9-11-2-1-3-12(8-11)16(21)22/h1-9H,(H,21,22)(H,18,19,20)/b13-9+. The molecule has 2 aromatic rings. The van der Waals surface area contributed by atoms with Crippen molar-refractivity contribution >= 4 is 23.6 Å². The third-order valence-electron chi connectivity index (χ3n) is 2.75. The monoisotopic (exact) mass is 293 g/mol. The van der Waals surface area contributed by atoms with Crippen molar-refractivity contribution in [3.05, 3.63) is 65.5 Å². The number of nitrogens with one attached hydrogen (secondary N) is 1. The van der Waals surface area contributed by atoms with Gasteiger partial charge in [-0.2, -0.15) is 5.26 Å². The normalized spacial score (nSPS) is 10.6. The van der Waals surface area contributed by atoms with Crippen LogP contribution in [0.25, 0.3) is 6.08 Å². The summed E-state index contributed by atoms with van der Waals surface area (Å²) in [6.45, 7) is 0. The smallest absolute Gasteiger partial charge is 0.335 e. The van der Waals surface area contributed by atoms with E-state index < -0.39 is 11.9 Å². The molecule has 0 fully saturated rings. The quantitative estimate of drug-likeness (QED) is 0.665. The zero-order chi connectivity index (χ0) is 15.9. The maximum Gasteiger partial charge on any atom is 0.335 e. The molecule has 22 heavy (non-hydrogen) atoms. The van der Waals surface area contributed by atoms with Gasteiger partial charge in [-0.15, -0.1) is 0 Å². The van der Waals surface area contributed by atoms with Crippen LogP contribution in [0, 0.1) is 11.3 Å². The molecular formula is C16H11N3O3. The van der Waals surface area contributed by atoms with Gasteiger partial charge in [0.15, 0.2) is 0 Å². The summed E-state index contributed by atoms with van der Waals surface area (Å²) in [5, 5.41) is 20.6. The molecule has 2 N–H and O–H groups in total. The number of carbonyl (C=O) groups excluding carboxylic acids is 1. The maximum absolute atomic E-state index is 12.0. The van der Waals surface area contributed by atoms with Gasteiger partial charge in [0.2, 0.25) is 0 Å². The molecule has 0 radical (unpaired) electrons. The Hall–Kier alpha value is -3.46. The van der Waals surface area contributed by atoms with Gasteiger partial charge in [-0.05, 0) is 35.9 Å². The molecule has 1 amide bonds. The molecule has 0 saturated heterocycles. The number of carboxylic acids is 1. The first-order chi connectivity index (χ1) is 10.6. The van der Waals surface area contributed by atoms with E-state index in [9.17, 15) is 9.59 Å². The fraction of sp³-hybridized carbons (Fsp3) is 0. The maximum atomic E-state index is 12.0. The highest BCUT2D eigenvalue weighted by molar-refractivity contribution is 6.09. The highest BCUT2D eigenvalue weighted by atomic mass is 16.4. The number of carbonyl (C=O) groups is 2. The summed E-state index contributed by atoms with van der Waals surface area (Å²) in [5.41, 5.74) is 0.932. The van der Waals surface area contributed by atoms with Crippen LogP contribution in [0.3, 0.4) is 0 Å². The fourth-order valence-corrected chi connectivity index (χ4v) is 1.71. The number of rotatable bonds is 4. The van der Waals surface area contributed by atoms with E-state index in [0.717, 1.165) is 0 Å². The Kier molecular flexibility index (Phi) is 4.63. The van der Waals surface area contributed by atoms with Crippen molar-refractivity contribution < 1.29 is 14.7 Å². The van der Waals surface area contributed by atoms with Crippen LogP contribution in [-0.4, -0.2) is 22.0 Å². The van der Waals surface area contributed by atoms with Crippen molar-refractivity contribution in [1.29, 1.82) is 5.26 Å². The Morgan fingerprint density at radius 3 is 2.59 bits per heavy atom. The van der Waals surface area contributed by atoms with E-state index in [4.69, 9.17) is 10.4 Å². The Bertz CT molecular complexity index is 777. The number of hydrogen-bond acceptors (Lipinski definition) is 4. The van der Waals surface area contributed by atoms with E-state index in [1.54, 1.807) is 30.3 Å². The van der Waals surface area contributed by atoms with Crippen molar-refractivity contribution in [3.8, 4) is 6.07 Å². The molecule has 108 valence electrons. The lowest BCUT2D eigenvalue weighted by Crippen LogP contribution is -2.13. The van der Waals surface area contributed by atoms with E-state index in [2.05, 4.69) is 10.3 Å². The van der Waals surface area contributed by atoms with Gasteiger partial charge in [0.1, 0.15) is 11.6 Å². The average Bonchev–Trinajstić information content (AvgIpc) is 2.53. The first-order valence-electron chi connectivity index (χ1n) is 6.26. The molecular weight excluding hydrogens is 282 g/mol. The second-order valence-electron chi connectivity index (χ2n) is 4.29. The van der Waals surface area contributed by atoms with Gasteiger partial charge < -0.3 is 10.4 Å². The molecule has 0 bridgehead atoms. The largest absolute Gasteiger partial charge is 0.478 e. The molecule has 1 aromatic carbocycles. The predicted octanol–water partition coefficient (Wildman–Crippen LogP) is 2.33. The molecule has 0 saturated carbocycles. The number of benzene rings is 1. The Morgan fingerprint density at radius 1 is 1.23 bits per heavy atom. The molecule has 0 aliphatic rings. The minimum atomic E-state index is -1.07. The van der Waals surface area contributed by atoms with Crippen LogP contribution >= 0.6 is 0 Å². The second kappa shape index (κ2) is 6.81. The number of pyridine rings is 1. The minimum Gasteiger partial charge on any atom is -0.478 e. The molecule has 0 aliphatic heterocycles. The summed E-state index contributed by atoms with van der Waals surface area (Å²) in [6.07, 6.45) is 4.37. The second-order valence-corrected chi connectivity index (χ2v) is 4.29. The Balaban J connectivity index is 2.24. The topological polar surface area (TPSA) is 103 Å². The van der Waals surface area contributed by atoms with Gasteiger partial charge in [0.05, 0.1) is 5.56 Å². The lowest BCUT2D eigenvalue weighted by Gasteiger charge is -2.03. The van der Waals surface area contributed by atoms with Crippen LogP contribution in [0.1, 0.15) is 15.9 Å². The molecule has 6 heteroatoms. The highest BCUT2D eigenvalue weighted by Gasteiger charge is 2.10. The number of hydrogen-bond donors (Lipinski definition) is 2. The number of aromatic nitrogens is 1. The first-order valence-corrected chi connectivity index (χ1v) is 6.26. The van der Waals surface area contributed by atoms with Crippen LogP contribution in [0.4, 0.5) is 5.69 Å². The van der Waals surface area contributed by atoms with Crippen LogP contribution in [0.15, 0.2) is 54.4 Å². The number of nitrogens with zero attached hydrogens (tertiary/aromatic N) is 2. The summed E-state index contributed by atoms with van der Waals surface area (Å²) in [4.78, 5) is 26.8. The van der Waals surface area contributed by atoms with Crippen LogP contribution in [-0.2, 0) is 4.79 Å². The predicted molar refractivity (Wildman–Crippen MR) is 79.9 cm³/mol. The summed E-state index contributed by atoms with van der Waals surface area (Å²) in [7, 11) is 0. The van der Waals surface area contributed by atoms with Crippen molar-refractivity contribution in [2.75, 3.05) is 5.32 Å². The first kappa shape index (κ1) is 14.9. The third-order valence-corrected chi connectivity index (χ3v) is 2.75. The number of nitriles is 1. The molecule has 6 nitrogen and oxygen atoms in total. The minimum absolute atomic E-state index is 0.0839. The van der Waals surface area contributed by atoms with Crippen LogP contribution in [0.2, 0.25) is 0 Å². The van der Waals surface area contributed by atoms with E-state index in [1.807, 2.05) is 0 Å². The molecule has 1 heterocycles. The summed E-state index contributed by atoms with van der Waals surface area (Å²) in [6, 6.07) is 11.0. The third kappa shape index (κ3) is 3.77. The Morgan fingerprint density at radius 2 is 1.95 bits per heavy atom. The Labute approximate surface area is 126 Å². The zero-order valence-electron chi connectivity index (χ0n) is 11.4. The molecule has 0 aliphatic carbocycles. The highest BCUT2D eigenvalue weighted by Crippen LogP contribution is 2.12. The number of carboxylic acid groups (broad SMARTS) is 1. The van der Waals surface area contributed by atoms with Gasteiger partial charge in [0, 0.05) is 18.1 Å². The van der Waals surface area contributed by atoms with Gasteiger partial charge in [-0.25, -0.2) is 4.79 Å². The van der Waals surface area contributed by atoms with Gasteiger partial charge in [-0.3, -0.25) is 9.78 Å². The summed E-state index contributed by atoms with van der Waals surface area (Å²) in [5.74, 6) is -1.65. The SMILES string of the molecule is N#C/C(=C\c1cccc(C(=O)O)c1)C(=O)Nc1ccncc1. The van der Waals surface area contributed by atoms with Gasteiger partial charge in [-0.1, -0.05) is 12.1 Å². The van der Waals surface area contributed by atoms with Crippen molar-refractivity contribution in [1.82, 2.24) is 4.98 Å².